The topological polar surface area (TPSA) is 26.0 Å². The summed E-state index contributed by atoms with van der Waals surface area (Å²) in [6.45, 7) is 0. The molecule has 4 heteroatoms. The zero-order valence-corrected chi connectivity index (χ0v) is 14.6. The lowest BCUT2D eigenvalue weighted by Gasteiger charge is -1.98. The number of halogens is 2. The number of fused-ring (bicyclic) bond motifs is 1. The van der Waals surface area contributed by atoms with E-state index in [1.54, 1.807) is 18.5 Å². The normalized spacial score (nSPS) is 11.4. The van der Waals surface area contributed by atoms with Gasteiger partial charge in [-0.15, -0.1) is 0 Å². The van der Waals surface area contributed by atoms with Crippen molar-refractivity contribution in [2.24, 2.45) is 0 Å². The van der Waals surface area contributed by atoms with E-state index in [0.29, 0.717) is 15.6 Å². The van der Waals surface area contributed by atoms with E-state index in [1.165, 1.54) is 0 Å². The lowest BCUT2D eigenvalue weighted by Crippen LogP contribution is -1.76. The fourth-order valence-corrected chi connectivity index (χ4v) is 3.19. The summed E-state index contributed by atoms with van der Waals surface area (Å²) in [7, 11) is 0. The molecule has 0 aliphatic rings. The highest BCUT2D eigenvalue weighted by molar-refractivity contribution is 6.38. The maximum absolute atomic E-state index is 6.20. The minimum Gasteiger partial charge on any atom is -0.455 e. The van der Waals surface area contributed by atoms with Crippen LogP contribution in [0.25, 0.3) is 34.4 Å². The summed E-state index contributed by atoms with van der Waals surface area (Å²) >= 11 is 12.2. The molecule has 2 nitrogen and oxygen atoms in total. The van der Waals surface area contributed by atoms with Gasteiger partial charge in [0.2, 0.25) is 0 Å². The average Bonchev–Trinajstić information content (AvgIpc) is 3.06. The van der Waals surface area contributed by atoms with Crippen LogP contribution in [0.15, 0.2) is 71.4 Å². The number of furan rings is 1. The van der Waals surface area contributed by atoms with E-state index in [-0.39, 0.29) is 0 Å². The van der Waals surface area contributed by atoms with Gasteiger partial charge >= 0.3 is 0 Å². The Balaban J connectivity index is 1.62. The Hall–Kier alpha value is -2.55. The fraction of sp³-hybridized carbons (Fsp3) is 0. The molecule has 0 atom stereocenters. The summed E-state index contributed by atoms with van der Waals surface area (Å²) < 4.78 is 5.89. The van der Waals surface area contributed by atoms with Crippen LogP contribution in [0.4, 0.5) is 0 Å². The first kappa shape index (κ1) is 15.9. The van der Waals surface area contributed by atoms with E-state index in [4.69, 9.17) is 27.6 Å². The number of pyridine rings is 1. The van der Waals surface area contributed by atoms with Gasteiger partial charge in [-0.25, -0.2) is 0 Å². The monoisotopic (exact) mass is 365 g/mol. The van der Waals surface area contributed by atoms with Crippen molar-refractivity contribution in [3.63, 3.8) is 0 Å². The van der Waals surface area contributed by atoms with Crippen LogP contribution in [0.2, 0.25) is 10.0 Å². The maximum Gasteiger partial charge on any atom is 0.153 e. The molecular weight excluding hydrogens is 353 g/mol. The molecule has 4 rings (SSSR count). The van der Waals surface area contributed by atoms with Crippen molar-refractivity contribution in [3.05, 3.63) is 88.2 Å². The van der Waals surface area contributed by atoms with Crippen LogP contribution in [0.5, 0.6) is 0 Å². The fourth-order valence-electron chi connectivity index (χ4n) is 2.64. The minimum atomic E-state index is 0.519. The predicted molar refractivity (Wildman–Crippen MR) is 105 cm³/mol. The van der Waals surface area contributed by atoms with Gasteiger partial charge in [0, 0.05) is 28.4 Å². The van der Waals surface area contributed by atoms with Crippen LogP contribution in [0.3, 0.4) is 0 Å². The smallest absolute Gasteiger partial charge is 0.153 e. The molecule has 0 unspecified atom stereocenters. The Bertz CT molecular complexity index is 1050. The molecule has 0 N–H and O–H groups in total. The van der Waals surface area contributed by atoms with Crippen LogP contribution in [-0.2, 0) is 0 Å². The highest BCUT2D eigenvalue weighted by atomic mass is 35.5. The molecular formula is C21H13Cl2NO. The summed E-state index contributed by atoms with van der Waals surface area (Å²) in [6, 6.07) is 17.6. The first-order valence-corrected chi connectivity index (χ1v) is 8.52. The van der Waals surface area contributed by atoms with Gasteiger partial charge in [-0.2, -0.15) is 0 Å². The third-order valence-corrected chi connectivity index (χ3v) is 4.40. The lowest BCUT2D eigenvalue weighted by atomic mass is 10.1. The molecule has 0 radical (unpaired) electrons. The standard InChI is InChI=1S/C21H13Cl2NO/c22-18-11-17-12-20(25-21(17)19(23)13-18)16-5-3-14(4-6-16)1-2-15-7-9-24-10-8-15/h1-13H/b2-1+. The molecule has 0 saturated heterocycles. The average molecular weight is 366 g/mol. The molecule has 2 aromatic carbocycles. The summed E-state index contributed by atoms with van der Waals surface area (Å²) in [5.41, 5.74) is 3.87. The predicted octanol–water partition coefficient (Wildman–Crippen LogP) is 6.97. The summed E-state index contributed by atoms with van der Waals surface area (Å²) in [6.07, 6.45) is 7.68. The van der Waals surface area contributed by atoms with E-state index in [2.05, 4.69) is 29.3 Å². The SMILES string of the molecule is Clc1cc(Cl)c2oc(-c3ccc(/C=C/c4ccncc4)cc3)cc2c1. The van der Waals surface area contributed by atoms with Gasteiger partial charge < -0.3 is 4.42 Å². The highest BCUT2D eigenvalue weighted by Gasteiger charge is 2.10. The number of benzene rings is 2. The van der Waals surface area contributed by atoms with Crippen molar-refractivity contribution in [2.45, 2.75) is 0 Å². The molecule has 0 aliphatic heterocycles. The number of rotatable bonds is 3. The molecule has 0 aliphatic carbocycles. The molecule has 122 valence electrons. The van der Waals surface area contributed by atoms with Gasteiger partial charge in [-0.3, -0.25) is 4.98 Å². The van der Waals surface area contributed by atoms with Crippen LogP contribution >= 0.6 is 23.2 Å². The first-order chi connectivity index (χ1) is 12.2. The van der Waals surface area contributed by atoms with Gasteiger partial charge in [0.25, 0.3) is 0 Å². The Morgan fingerprint density at radius 3 is 2.20 bits per heavy atom. The zero-order chi connectivity index (χ0) is 17.2. The second-order valence-corrected chi connectivity index (χ2v) is 6.50. The molecule has 0 amide bonds. The van der Waals surface area contributed by atoms with E-state index in [0.717, 1.165) is 27.8 Å². The maximum atomic E-state index is 6.20. The van der Waals surface area contributed by atoms with Gasteiger partial charge in [-0.1, -0.05) is 59.6 Å². The van der Waals surface area contributed by atoms with Crippen LogP contribution in [-0.4, -0.2) is 4.98 Å². The molecule has 0 bridgehead atoms. The Morgan fingerprint density at radius 2 is 1.48 bits per heavy atom. The third kappa shape index (κ3) is 3.46. The largest absolute Gasteiger partial charge is 0.455 e. The van der Waals surface area contributed by atoms with E-state index < -0.39 is 0 Å². The Morgan fingerprint density at radius 1 is 0.800 bits per heavy atom. The van der Waals surface area contributed by atoms with E-state index in [1.807, 2.05) is 36.4 Å². The second-order valence-electron chi connectivity index (χ2n) is 5.65. The van der Waals surface area contributed by atoms with E-state index >= 15 is 0 Å². The van der Waals surface area contributed by atoms with Crippen molar-refractivity contribution in [1.82, 2.24) is 4.98 Å². The zero-order valence-electron chi connectivity index (χ0n) is 13.1. The van der Waals surface area contributed by atoms with Crippen molar-refractivity contribution >= 4 is 46.3 Å². The molecule has 25 heavy (non-hydrogen) atoms. The number of aromatic nitrogens is 1. The summed E-state index contributed by atoms with van der Waals surface area (Å²) in [5, 5.41) is 2.02. The summed E-state index contributed by atoms with van der Waals surface area (Å²) in [5.74, 6) is 0.767. The van der Waals surface area contributed by atoms with Crippen molar-refractivity contribution < 1.29 is 4.42 Å². The van der Waals surface area contributed by atoms with Crippen LogP contribution < -0.4 is 0 Å². The van der Waals surface area contributed by atoms with E-state index in [9.17, 15) is 0 Å². The van der Waals surface area contributed by atoms with Gasteiger partial charge in [0.15, 0.2) is 5.58 Å². The summed E-state index contributed by atoms with van der Waals surface area (Å²) in [4.78, 5) is 4.01. The number of hydrogen-bond donors (Lipinski definition) is 0. The van der Waals surface area contributed by atoms with Gasteiger partial charge in [0.1, 0.15) is 5.76 Å². The van der Waals surface area contributed by atoms with Gasteiger partial charge in [0.05, 0.1) is 5.02 Å². The minimum absolute atomic E-state index is 0.519. The molecule has 0 saturated carbocycles. The molecule has 0 fully saturated rings. The van der Waals surface area contributed by atoms with Crippen molar-refractivity contribution in [3.8, 4) is 11.3 Å². The number of hydrogen-bond acceptors (Lipinski definition) is 2. The second kappa shape index (κ2) is 6.75. The lowest BCUT2D eigenvalue weighted by molar-refractivity contribution is 0.631. The molecule has 4 aromatic rings. The molecule has 0 spiro atoms. The first-order valence-electron chi connectivity index (χ1n) is 7.76. The third-order valence-electron chi connectivity index (χ3n) is 3.91. The molecule has 2 heterocycles. The van der Waals surface area contributed by atoms with Crippen LogP contribution in [0, 0.1) is 0 Å². The highest BCUT2D eigenvalue weighted by Crippen LogP contribution is 2.34. The van der Waals surface area contributed by atoms with Crippen molar-refractivity contribution in [2.75, 3.05) is 0 Å². The van der Waals surface area contributed by atoms with Crippen LogP contribution in [0.1, 0.15) is 11.1 Å². The van der Waals surface area contributed by atoms with Crippen molar-refractivity contribution in [1.29, 1.82) is 0 Å². The Labute approximate surface area is 155 Å². The molecule has 2 aromatic heterocycles. The quantitative estimate of drug-likeness (QED) is 0.391. The van der Waals surface area contributed by atoms with Gasteiger partial charge in [-0.05, 0) is 41.5 Å². The number of nitrogens with zero attached hydrogens (tertiary/aromatic N) is 1. The Kier molecular flexibility index (Phi) is 4.31.